The maximum absolute atomic E-state index is 10.2. The highest BCUT2D eigenvalue weighted by Gasteiger charge is 2.46. The van der Waals surface area contributed by atoms with Crippen molar-refractivity contribution in [3.63, 3.8) is 0 Å². The van der Waals surface area contributed by atoms with Gasteiger partial charge in [0.25, 0.3) is 0 Å². The summed E-state index contributed by atoms with van der Waals surface area (Å²) in [5, 5.41) is 59.7. The number of aliphatic hydroxyl groups is 6. The molecule has 3 rings (SSSR count). The first-order chi connectivity index (χ1) is 13.8. The van der Waals surface area contributed by atoms with E-state index in [0.29, 0.717) is 0 Å². The number of aliphatic hydroxyl groups excluding tert-OH is 6. The van der Waals surface area contributed by atoms with Gasteiger partial charge in [-0.15, -0.1) is 0 Å². The first-order valence-electron chi connectivity index (χ1n) is 9.47. The van der Waals surface area contributed by atoms with Gasteiger partial charge in [0.1, 0.15) is 42.7 Å². The molecule has 1 aromatic rings. The van der Waals surface area contributed by atoms with Crippen LogP contribution in [0.1, 0.15) is 18.6 Å². The Morgan fingerprint density at radius 3 is 2.24 bits per heavy atom. The molecule has 2 fully saturated rings. The zero-order chi connectivity index (χ0) is 21.1. The quantitative estimate of drug-likeness (QED) is 0.307. The summed E-state index contributed by atoms with van der Waals surface area (Å²) < 4.78 is 21.8. The number of rotatable bonds is 6. The van der Waals surface area contributed by atoms with Gasteiger partial charge >= 0.3 is 0 Å². The summed E-state index contributed by atoms with van der Waals surface area (Å²) in [4.78, 5) is 0. The zero-order valence-electron chi connectivity index (χ0n) is 15.9. The predicted octanol–water partition coefficient (Wildman–Crippen LogP) is -1.97. The molecule has 0 spiro atoms. The van der Waals surface area contributed by atoms with Crippen molar-refractivity contribution in [2.45, 2.75) is 68.3 Å². The molecule has 0 saturated carbocycles. The van der Waals surface area contributed by atoms with Gasteiger partial charge in [-0.3, -0.25) is 0 Å². The van der Waals surface area contributed by atoms with Crippen molar-refractivity contribution < 1.29 is 49.6 Å². The number of benzene rings is 1. The van der Waals surface area contributed by atoms with Gasteiger partial charge in [-0.25, -0.2) is 0 Å². The second-order valence-electron chi connectivity index (χ2n) is 7.29. The Balaban J connectivity index is 1.60. The maximum Gasteiger partial charge on any atom is 0.187 e. The average Bonchev–Trinajstić information content (AvgIpc) is 2.73. The van der Waals surface area contributed by atoms with Crippen molar-refractivity contribution in [1.29, 1.82) is 0 Å². The molecule has 0 aliphatic carbocycles. The molecular formula is C19H28O10. The third-order valence-corrected chi connectivity index (χ3v) is 5.15. The lowest BCUT2D eigenvalue weighted by atomic mass is 9.99. The summed E-state index contributed by atoms with van der Waals surface area (Å²) >= 11 is 0. The molecule has 0 radical (unpaired) electrons. The fourth-order valence-corrected chi connectivity index (χ4v) is 3.29. The molecule has 2 heterocycles. The molecule has 2 aliphatic rings. The van der Waals surface area contributed by atoms with Crippen LogP contribution in [0.15, 0.2) is 30.3 Å². The van der Waals surface area contributed by atoms with Crippen molar-refractivity contribution in [3.05, 3.63) is 35.9 Å². The summed E-state index contributed by atoms with van der Waals surface area (Å²) in [6.07, 6.45) is -12.7. The monoisotopic (exact) mass is 416 g/mol. The van der Waals surface area contributed by atoms with E-state index in [0.717, 1.165) is 5.56 Å². The molecule has 2 saturated heterocycles. The maximum atomic E-state index is 10.2. The lowest BCUT2D eigenvalue weighted by Gasteiger charge is -2.42. The van der Waals surface area contributed by atoms with Crippen molar-refractivity contribution in [3.8, 4) is 0 Å². The van der Waals surface area contributed by atoms with E-state index in [2.05, 4.69) is 0 Å². The molecule has 10 heteroatoms. The molecule has 10 nitrogen and oxygen atoms in total. The van der Waals surface area contributed by atoms with Gasteiger partial charge in [-0.2, -0.15) is 0 Å². The standard InChI is InChI=1S/C19H28O10/c1-9(10-5-3-2-4-6-10)28-19-17(25)15(23)14(22)12(29-19)8-27-18-16(24)13(21)11(20)7-26-18/h2-6,9,11-25H,7-8H2,1H3/t9-,11-,12-,13+,14-,15+,16+,17-,18-,19-/m1/s1. The van der Waals surface area contributed by atoms with Crippen LogP contribution in [0.3, 0.4) is 0 Å². The van der Waals surface area contributed by atoms with Crippen LogP contribution in [-0.2, 0) is 18.9 Å². The molecule has 6 N–H and O–H groups in total. The molecule has 10 atom stereocenters. The van der Waals surface area contributed by atoms with Crippen LogP contribution < -0.4 is 0 Å². The highest BCUT2D eigenvalue weighted by atomic mass is 16.7. The third-order valence-electron chi connectivity index (χ3n) is 5.15. The largest absolute Gasteiger partial charge is 0.388 e. The predicted molar refractivity (Wildman–Crippen MR) is 96.3 cm³/mol. The fourth-order valence-electron chi connectivity index (χ4n) is 3.29. The minimum Gasteiger partial charge on any atom is -0.388 e. The van der Waals surface area contributed by atoms with E-state index in [-0.39, 0.29) is 13.2 Å². The normalized spacial score (nSPS) is 41.8. The molecule has 0 unspecified atom stereocenters. The van der Waals surface area contributed by atoms with Gasteiger partial charge in [-0.1, -0.05) is 30.3 Å². The molecule has 2 aliphatic heterocycles. The SMILES string of the molecule is C[C@@H](O[C@@H]1O[C@H](CO[C@H]2OC[C@@H](O)[C@H](O)[C@@H]2O)[C@@H](O)[C@H](O)[C@H]1O)c1ccccc1. The molecule has 1 aromatic carbocycles. The van der Waals surface area contributed by atoms with Crippen LogP contribution in [-0.4, -0.2) is 99.2 Å². The number of ether oxygens (including phenoxy) is 4. The zero-order valence-corrected chi connectivity index (χ0v) is 15.9. The van der Waals surface area contributed by atoms with Crippen LogP contribution in [0.4, 0.5) is 0 Å². The molecule has 0 bridgehead atoms. The van der Waals surface area contributed by atoms with E-state index in [1.165, 1.54) is 0 Å². The highest BCUT2D eigenvalue weighted by molar-refractivity contribution is 5.16. The molecule has 0 aromatic heterocycles. The van der Waals surface area contributed by atoms with E-state index in [1.54, 1.807) is 6.92 Å². The minimum absolute atomic E-state index is 0.237. The van der Waals surface area contributed by atoms with Gasteiger partial charge in [0, 0.05) is 0 Å². The van der Waals surface area contributed by atoms with Crippen LogP contribution >= 0.6 is 0 Å². The molecular weight excluding hydrogens is 388 g/mol. The fraction of sp³-hybridized carbons (Fsp3) is 0.684. The summed E-state index contributed by atoms with van der Waals surface area (Å²) in [6, 6.07) is 9.21. The van der Waals surface area contributed by atoms with Crippen molar-refractivity contribution in [1.82, 2.24) is 0 Å². The van der Waals surface area contributed by atoms with Gasteiger partial charge in [0.05, 0.1) is 19.3 Å². The Labute approximate surface area is 167 Å². The Morgan fingerprint density at radius 1 is 0.897 bits per heavy atom. The number of hydrogen-bond acceptors (Lipinski definition) is 10. The van der Waals surface area contributed by atoms with E-state index < -0.39 is 61.4 Å². The summed E-state index contributed by atoms with van der Waals surface area (Å²) in [5.74, 6) is 0. The molecule has 164 valence electrons. The van der Waals surface area contributed by atoms with E-state index >= 15 is 0 Å². The highest BCUT2D eigenvalue weighted by Crippen LogP contribution is 2.28. The van der Waals surface area contributed by atoms with E-state index in [1.807, 2.05) is 30.3 Å². The number of hydrogen-bond donors (Lipinski definition) is 6. The Hall–Kier alpha value is -1.18. The van der Waals surface area contributed by atoms with Crippen LogP contribution in [0.2, 0.25) is 0 Å². The summed E-state index contributed by atoms with van der Waals surface area (Å²) in [7, 11) is 0. The Morgan fingerprint density at radius 2 is 1.55 bits per heavy atom. The van der Waals surface area contributed by atoms with Crippen LogP contribution in [0.5, 0.6) is 0 Å². The Kier molecular flexibility index (Phi) is 7.57. The lowest BCUT2D eigenvalue weighted by molar-refractivity contribution is -0.327. The Bertz CT molecular complexity index is 631. The van der Waals surface area contributed by atoms with Gasteiger partial charge in [0.2, 0.25) is 0 Å². The molecule has 0 amide bonds. The van der Waals surface area contributed by atoms with E-state index in [9.17, 15) is 30.6 Å². The van der Waals surface area contributed by atoms with Crippen molar-refractivity contribution >= 4 is 0 Å². The van der Waals surface area contributed by atoms with Gasteiger partial charge in [-0.05, 0) is 12.5 Å². The van der Waals surface area contributed by atoms with Gasteiger partial charge in [0.15, 0.2) is 12.6 Å². The molecule has 29 heavy (non-hydrogen) atoms. The first-order valence-corrected chi connectivity index (χ1v) is 9.47. The van der Waals surface area contributed by atoms with E-state index in [4.69, 9.17) is 18.9 Å². The first kappa shape index (κ1) is 22.5. The summed E-state index contributed by atoms with van der Waals surface area (Å²) in [5.41, 5.74) is 0.836. The second-order valence-corrected chi connectivity index (χ2v) is 7.29. The summed E-state index contributed by atoms with van der Waals surface area (Å²) in [6.45, 7) is 1.20. The van der Waals surface area contributed by atoms with Crippen molar-refractivity contribution in [2.24, 2.45) is 0 Å². The van der Waals surface area contributed by atoms with Crippen molar-refractivity contribution in [2.75, 3.05) is 13.2 Å². The minimum atomic E-state index is -1.55. The van der Waals surface area contributed by atoms with Crippen LogP contribution in [0, 0.1) is 0 Å². The smallest absolute Gasteiger partial charge is 0.187 e. The van der Waals surface area contributed by atoms with Gasteiger partial charge < -0.3 is 49.6 Å². The third kappa shape index (κ3) is 5.12. The topological polar surface area (TPSA) is 158 Å². The average molecular weight is 416 g/mol. The van der Waals surface area contributed by atoms with Crippen LogP contribution in [0.25, 0.3) is 0 Å². The second kappa shape index (κ2) is 9.75. The lowest BCUT2D eigenvalue weighted by Crippen LogP contribution is -2.60.